The van der Waals surface area contributed by atoms with Crippen LogP contribution in [0.2, 0.25) is 0 Å². The number of phosphoric acid groups is 1. The molecule has 0 bridgehead atoms. The van der Waals surface area contributed by atoms with Gasteiger partial charge >= 0.3 is 44.0 Å². The van der Waals surface area contributed by atoms with Crippen molar-refractivity contribution < 1.29 is 76.7 Å². The number of phosphoric ester groups is 1. The van der Waals surface area contributed by atoms with E-state index in [0.717, 1.165) is 0 Å². The van der Waals surface area contributed by atoms with E-state index in [1.807, 2.05) is 0 Å². The van der Waals surface area contributed by atoms with Crippen molar-refractivity contribution in [3.8, 4) is 0 Å². The minimum Gasteiger partial charge on any atom is -0.366 e. The van der Waals surface area contributed by atoms with E-state index in [2.05, 4.69) is 4.52 Å². The van der Waals surface area contributed by atoms with Crippen LogP contribution >= 0.6 is 7.82 Å². The number of ether oxygens (including phenoxy) is 1. The van der Waals surface area contributed by atoms with Gasteiger partial charge in [0.25, 0.3) is 0 Å². The molecule has 24 heavy (non-hydrogen) atoms. The number of halogens is 11. The maximum atomic E-state index is 13.3. The third kappa shape index (κ3) is 4.46. The van der Waals surface area contributed by atoms with Crippen molar-refractivity contribution in [1.29, 1.82) is 0 Å². The highest BCUT2D eigenvalue weighted by atomic mass is 31.2. The first-order valence-corrected chi connectivity index (χ1v) is 6.19. The van der Waals surface area contributed by atoms with E-state index in [1.165, 1.54) is 0 Å². The van der Waals surface area contributed by atoms with Gasteiger partial charge in [-0.1, -0.05) is 0 Å². The SMILES string of the molecule is O=C(OP(=O)(O)O)C(F)(OC(F)(F)C(F)(F)C(F)(F)F)C(F)(F)F. The molecule has 0 aliphatic carbocycles. The minimum absolute atomic E-state index is 1.68. The molecule has 0 radical (unpaired) electrons. The molecule has 0 amide bonds. The van der Waals surface area contributed by atoms with Gasteiger partial charge in [-0.3, -0.25) is 14.5 Å². The Kier molecular flexibility index (Phi) is 5.66. The Bertz CT molecular complexity index is 534. The van der Waals surface area contributed by atoms with Crippen LogP contribution in [0.1, 0.15) is 0 Å². The summed E-state index contributed by atoms with van der Waals surface area (Å²) in [5.41, 5.74) is 0. The lowest BCUT2D eigenvalue weighted by molar-refractivity contribution is -0.474. The molecule has 0 saturated carbocycles. The van der Waals surface area contributed by atoms with Crippen LogP contribution in [0, 0.1) is 0 Å². The van der Waals surface area contributed by atoms with Gasteiger partial charge in [-0.25, -0.2) is 9.36 Å². The fourth-order valence-electron chi connectivity index (χ4n) is 0.788. The predicted octanol–water partition coefficient (Wildman–Crippen LogP) is 2.66. The lowest BCUT2D eigenvalue weighted by atomic mass is 10.2. The zero-order valence-electron chi connectivity index (χ0n) is 10.1. The maximum Gasteiger partial charge on any atom is 0.527 e. The van der Waals surface area contributed by atoms with Crippen LogP contribution < -0.4 is 0 Å². The Morgan fingerprint density at radius 1 is 0.792 bits per heavy atom. The van der Waals surface area contributed by atoms with Crippen molar-refractivity contribution in [2.75, 3.05) is 0 Å². The van der Waals surface area contributed by atoms with Crippen molar-refractivity contribution in [3.63, 3.8) is 0 Å². The second kappa shape index (κ2) is 5.96. The number of alkyl halides is 11. The molecule has 0 heterocycles. The summed E-state index contributed by atoms with van der Waals surface area (Å²) < 4.78 is 149. The van der Waals surface area contributed by atoms with Gasteiger partial charge in [-0.05, 0) is 0 Å². The van der Waals surface area contributed by atoms with Crippen LogP contribution in [0.15, 0.2) is 0 Å². The highest BCUT2D eigenvalue weighted by Gasteiger charge is 2.80. The molecule has 0 fully saturated rings. The molecule has 0 aromatic carbocycles. The Hall–Kier alpha value is -1.19. The van der Waals surface area contributed by atoms with Crippen molar-refractivity contribution >= 4 is 13.8 Å². The van der Waals surface area contributed by atoms with Gasteiger partial charge in [-0.15, -0.1) is 0 Å². The molecule has 0 rings (SSSR count). The van der Waals surface area contributed by atoms with Crippen molar-refractivity contribution in [3.05, 3.63) is 0 Å². The van der Waals surface area contributed by atoms with Crippen LogP contribution in [-0.4, -0.2) is 46.0 Å². The van der Waals surface area contributed by atoms with E-state index >= 15 is 0 Å². The van der Waals surface area contributed by atoms with Crippen LogP contribution in [-0.2, 0) is 18.6 Å². The van der Waals surface area contributed by atoms with Crippen molar-refractivity contribution in [2.24, 2.45) is 0 Å². The molecule has 1 atom stereocenters. The zero-order valence-corrected chi connectivity index (χ0v) is 11.0. The molecule has 18 heteroatoms. The second-order valence-corrected chi connectivity index (χ2v) is 4.82. The van der Waals surface area contributed by atoms with Gasteiger partial charge in [0.15, 0.2) is 0 Å². The molecule has 0 aromatic heterocycles. The summed E-state index contributed by atoms with van der Waals surface area (Å²) in [6.45, 7) is 0. The summed E-state index contributed by atoms with van der Waals surface area (Å²) in [4.78, 5) is 26.5. The zero-order chi connectivity index (χ0) is 20.0. The number of hydrogen-bond acceptors (Lipinski definition) is 4. The maximum absolute atomic E-state index is 13.3. The van der Waals surface area contributed by atoms with E-state index in [1.54, 1.807) is 4.74 Å². The molecule has 6 nitrogen and oxygen atoms in total. The van der Waals surface area contributed by atoms with E-state index in [9.17, 15) is 57.7 Å². The molecular weight excluding hydrogens is 408 g/mol. The Balaban J connectivity index is 6.01. The number of carbonyl (C=O) groups is 1. The molecule has 0 aliphatic rings. The number of carbonyl (C=O) groups excluding carboxylic acids is 1. The van der Waals surface area contributed by atoms with Gasteiger partial charge in [0.1, 0.15) is 0 Å². The fraction of sp³-hybridized carbons (Fsp3) is 0.833. The third-order valence-corrected chi connectivity index (χ3v) is 2.22. The number of hydrogen-bond donors (Lipinski definition) is 2. The molecule has 0 aromatic rings. The average molecular weight is 410 g/mol. The van der Waals surface area contributed by atoms with E-state index in [-0.39, 0.29) is 0 Å². The predicted molar refractivity (Wildman–Crippen MR) is 45.1 cm³/mol. The third-order valence-electron chi connectivity index (χ3n) is 1.82. The molecular formula is C6H2F11O6P. The van der Waals surface area contributed by atoms with Gasteiger partial charge in [0.2, 0.25) is 0 Å². The Labute approximate surface area is 122 Å². The Morgan fingerprint density at radius 2 is 1.17 bits per heavy atom. The fourth-order valence-corrected chi connectivity index (χ4v) is 1.12. The van der Waals surface area contributed by atoms with Crippen molar-refractivity contribution in [1.82, 2.24) is 0 Å². The van der Waals surface area contributed by atoms with Gasteiger partial charge in [-0.2, -0.15) is 48.3 Å². The van der Waals surface area contributed by atoms with Crippen molar-refractivity contribution in [2.45, 2.75) is 30.2 Å². The first kappa shape index (κ1) is 22.8. The van der Waals surface area contributed by atoms with Gasteiger partial charge < -0.3 is 4.52 Å². The first-order valence-electron chi connectivity index (χ1n) is 4.66. The van der Waals surface area contributed by atoms with E-state index in [4.69, 9.17) is 9.79 Å². The molecule has 2 N–H and O–H groups in total. The van der Waals surface area contributed by atoms with E-state index < -0.39 is 44.0 Å². The average Bonchev–Trinajstić information content (AvgIpc) is 2.22. The highest BCUT2D eigenvalue weighted by molar-refractivity contribution is 7.46. The second-order valence-electron chi connectivity index (χ2n) is 3.65. The molecule has 0 aliphatic heterocycles. The first-order chi connectivity index (χ1) is 10.1. The quantitative estimate of drug-likeness (QED) is 0.535. The van der Waals surface area contributed by atoms with Crippen LogP contribution in [0.25, 0.3) is 0 Å². The highest BCUT2D eigenvalue weighted by Crippen LogP contribution is 2.52. The number of rotatable bonds is 5. The topological polar surface area (TPSA) is 93.1 Å². The summed E-state index contributed by atoms with van der Waals surface area (Å²) in [5, 5.41) is 0. The van der Waals surface area contributed by atoms with Gasteiger partial charge in [0.05, 0.1) is 0 Å². The summed E-state index contributed by atoms with van der Waals surface area (Å²) in [6.07, 6.45) is -21.7. The summed E-state index contributed by atoms with van der Waals surface area (Å²) in [6, 6.07) is 0. The molecule has 144 valence electrons. The summed E-state index contributed by atoms with van der Waals surface area (Å²) >= 11 is 0. The van der Waals surface area contributed by atoms with Crippen LogP contribution in [0.5, 0.6) is 0 Å². The van der Waals surface area contributed by atoms with Crippen LogP contribution in [0.4, 0.5) is 48.3 Å². The monoisotopic (exact) mass is 410 g/mol. The standard InChI is InChI=1S/C6H2F11O6P/c7-2(4(10,11)12,1(18)22-24(19,20)21)23-6(16,17)3(8,9)5(13,14)15/h(H2,19,20,21). The van der Waals surface area contributed by atoms with E-state index in [0.29, 0.717) is 0 Å². The smallest absolute Gasteiger partial charge is 0.366 e. The molecule has 0 spiro atoms. The normalized spacial score (nSPS) is 17.4. The summed E-state index contributed by atoms with van der Waals surface area (Å²) in [7, 11) is -6.35. The van der Waals surface area contributed by atoms with Crippen LogP contribution in [0.3, 0.4) is 0 Å². The Morgan fingerprint density at radius 3 is 1.42 bits per heavy atom. The lowest BCUT2D eigenvalue weighted by Gasteiger charge is -2.33. The van der Waals surface area contributed by atoms with Gasteiger partial charge in [0, 0.05) is 0 Å². The summed E-state index contributed by atoms with van der Waals surface area (Å²) in [5.74, 6) is -18.2. The molecule has 1 unspecified atom stereocenters. The lowest BCUT2D eigenvalue weighted by Crippen LogP contribution is -2.61. The minimum atomic E-state index is -7.43. The largest absolute Gasteiger partial charge is 0.527 e. The molecule has 0 saturated heterocycles.